The molecule has 0 aliphatic carbocycles. The predicted molar refractivity (Wildman–Crippen MR) is 116 cm³/mol. The topological polar surface area (TPSA) is 94.9 Å². The number of aromatic nitrogens is 1. The Balaban J connectivity index is 1.88. The molecule has 3 rings (SSSR count). The van der Waals surface area contributed by atoms with Crippen molar-refractivity contribution in [2.24, 2.45) is 0 Å². The third-order valence-electron chi connectivity index (χ3n) is 4.77. The summed E-state index contributed by atoms with van der Waals surface area (Å²) in [5.74, 6) is -1.55. The number of imide groups is 1. The standard InChI is InChI=1S/C22H22N2O6S/c1-5-30-19(25)12-23-20(26)18(31-22(23)28)11-16-10-13(2)24(14(16)3)17-8-6-15(7-9-17)21(27)29-4/h6-11H,5,12H2,1-4H3/b18-11+. The second-order valence-corrected chi connectivity index (χ2v) is 7.77. The van der Waals surface area contributed by atoms with Crippen molar-refractivity contribution in [1.29, 1.82) is 0 Å². The lowest BCUT2D eigenvalue weighted by molar-refractivity contribution is -0.145. The summed E-state index contributed by atoms with van der Waals surface area (Å²) in [4.78, 5) is 49.3. The lowest BCUT2D eigenvalue weighted by Gasteiger charge is -2.11. The third-order valence-corrected chi connectivity index (χ3v) is 5.68. The van der Waals surface area contributed by atoms with Crippen molar-refractivity contribution < 1.29 is 28.7 Å². The van der Waals surface area contributed by atoms with Crippen LogP contribution in [0.3, 0.4) is 0 Å². The van der Waals surface area contributed by atoms with Crippen molar-refractivity contribution >= 4 is 40.9 Å². The van der Waals surface area contributed by atoms with E-state index < -0.39 is 29.6 Å². The molecule has 1 aromatic carbocycles. The van der Waals surface area contributed by atoms with Gasteiger partial charge in [0.1, 0.15) is 6.54 Å². The molecule has 2 amide bonds. The number of ether oxygens (including phenoxy) is 2. The monoisotopic (exact) mass is 442 g/mol. The molecule has 0 bridgehead atoms. The summed E-state index contributed by atoms with van der Waals surface area (Å²) in [5.41, 5.74) is 3.85. The number of benzene rings is 1. The number of rotatable bonds is 6. The molecule has 0 atom stereocenters. The molecule has 0 N–H and O–H groups in total. The lowest BCUT2D eigenvalue weighted by Crippen LogP contribution is -2.34. The summed E-state index contributed by atoms with van der Waals surface area (Å²) in [7, 11) is 1.33. The number of thioether (sulfide) groups is 1. The van der Waals surface area contributed by atoms with E-state index in [0.29, 0.717) is 5.56 Å². The van der Waals surface area contributed by atoms with Gasteiger partial charge in [-0.15, -0.1) is 0 Å². The molecule has 0 spiro atoms. The van der Waals surface area contributed by atoms with Crippen LogP contribution in [-0.2, 0) is 19.1 Å². The molecule has 0 radical (unpaired) electrons. The molecule has 1 aliphatic heterocycles. The molecule has 31 heavy (non-hydrogen) atoms. The largest absolute Gasteiger partial charge is 0.465 e. The minimum atomic E-state index is -0.625. The Hall–Kier alpha value is -3.33. The summed E-state index contributed by atoms with van der Waals surface area (Å²) >= 11 is 0.794. The quantitative estimate of drug-likeness (QED) is 0.499. The van der Waals surface area contributed by atoms with Crippen molar-refractivity contribution in [2.75, 3.05) is 20.3 Å². The van der Waals surface area contributed by atoms with E-state index >= 15 is 0 Å². The van der Waals surface area contributed by atoms with E-state index in [-0.39, 0.29) is 11.5 Å². The summed E-state index contributed by atoms with van der Waals surface area (Å²) in [6, 6.07) is 8.89. The average Bonchev–Trinajstić information content (AvgIpc) is 3.17. The highest BCUT2D eigenvalue weighted by molar-refractivity contribution is 8.18. The zero-order valence-corrected chi connectivity index (χ0v) is 18.4. The number of aryl methyl sites for hydroxylation is 1. The molecule has 0 unspecified atom stereocenters. The second-order valence-electron chi connectivity index (χ2n) is 6.77. The fourth-order valence-corrected chi connectivity index (χ4v) is 4.14. The van der Waals surface area contributed by atoms with Gasteiger partial charge in [-0.05, 0) is 74.5 Å². The first-order chi connectivity index (χ1) is 14.8. The first-order valence-electron chi connectivity index (χ1n) is 9.55. The van der Waals surface area contributed by atoms with Crippen LogP contribution in [0.15, 0.2) is 35.2 Å². The molecular formula is C22H22N2O6S. The number of amides is 2. The Bertz CT molecular complexity index is 1080. The summed E-state index contributed by atoms with van der Waals surface area (Å²) in [6.45, 7) is 5.25. The van der Waals surface area contributed by atoms with Gasteiger partial charge in [0, 0.05) is 17.1 Å². The van der Waals surface area contributed by atoms with Crippen LogP contribution in [-0.4, -0.2) is 52.8 Å². The van der Waals surface area contributed by atoms with Gasteiger partial charge in [-0.1, -0.05) is 0 Å². The minimum Gasteiger partial charge on any atom is -0.465 e. The Morgan fingerprint density at radius 2 is 1.81 bits per heavy atom. The fourth-order valence-electron chi connectivity index (χ4n) is 3.31. The number of esters is 2. The van der Waals surface area contributed by atoms with Gasteiger partial charge in [0.15, 0.2) is 0 Å². The van der Waals surface area contributed by atoms with Crippen molar-refractivity contribution in [3.63, 3.8) is 0 Å². The molecule has 162 valence electrons. The number of hydrogen-bond donors (Lipinski definition) is 0. The van der Waals surface area contributed by atoms with Crippen LogP contribution < -0.4 is 0 Å². The SMILES string of the molecule is CCOC(=O)CN1C(=O)S/C(=C/c2cc(C)n(-c3ccc(C(=O)OC)cc3)c2C)C1=O. The molecule has 1 saturated heterocycles. The minimum absolute atomic E-state index is 0.178. The number of hydrogen-bond acceptors (Lipinski definition) is 7. The Labute approximate surface area is 183 Å². The van der Waals surface area contributed by atoms with Gasteiger partial charge in [-0.3, -0.25) is 19.3 Å². The van der Waals surface area contributed by atoms with Gasteiger partial charge in [-0.2, -0.15) is 0 Å². The maximum atomic E-state index is 12.6. The van der Waals surface area contributed by atoms with E-state index in [2.05, 4.69) is 0 Å². The maximum Gasteiger partial charge on any atom is 0.337 e. The molecule has 1 fully saturated rings. The van der Waals surface area contributed by atoms with E-state index in [1.54, 1.807) is 25.1 Å². The van der Waals surface area contributed by atoms with Crippen molar-refractivity contribution in [1.82, 2.24) is 9.47 Å². The average molecular weight is 442 g/mol. The Morgan fingerprint density at radius 3 is 2.42 bits per heavy atom. The van der Waals surface area contributed by atoms with E-state index in [1.165, 1.54) is 7.11 Å². The third kappa shape index (κ3) is 4.56. The van der Waals surface area contributed by atoms with E-state index in [1.807, 2.05) is 36.6 Å². The highest BCUT2D eigenvalue weighted by atomic mass is 32.2. The number of carbonyl (C=O) groups is 4. The molecule has 9 heteroatoms. The van der Waals surface area contributed by atoms with E-state index in [0.717, 1.165) is 39.3 Å². The van der Waals surface area contributed by atoms with Crippen molar-refractivity contribution in [2.45, 2.75) is 20.8 Å². The molecule has 1 aromatic heterocycles. The van der Waals surface area contributed by atoms with Gasteiger partial charge in [-0.25, -0.2) is 4.79 Å². The molecular weight excluding hydrogens is 420 g/mol. The molecule has 0 saturated carbocycles. The lowest BCUT2D eigenvalue weighted by atomic mass is 10.2. The number of carbonyl (C=O) groups excluding carboxylic acids is 4. The smallest absolute Gasteiger partial charge is 0.337 e. The van der Waals surface area contributed by atoms with Crippen LogP contribution >= 0.6 is 11.8 Å². The second kappa shape index (κ2) is 9.22. The summed E-state index contributed by atoms with van der Waals surface area (Å²) < 4.78 is 11.5. The Kier molecular flexibility index (Phi) is 6.65. The first kappa shape index (κ1) is 22.4. The number of nitrogens with zero attached hydrogens (tertiary/aromatic N) is 2. The summed E-state index contributed by atoms with van der Waals surface area (Å²) in [5, 5.41) is -0.503. The van der Waals surface area contributed by atoms with Gasteiger partial charge in [0.2, 0.25) is 0 Å². The number of methoxy groups -OCH3 is 1. The molecule has 2 heterocycles. The maximum absolute atomic E-state index is 12.6. The normalized spacial score (nSPS) is 15.0. The predicted octanol–water partition coefficient (Wildman–Crippen LogP) is 3.48. The van der Waals surface area contributed by atoms with Crippen molar-refractivity contribution in [3.05, 3.63) is 57.8 Å². The van der Waals surface area contributed by atoms with Crippen LogP contribution in [0, 0.1) is 13.8 Å². The fraction of sp³-hybridized carbons (Fsp3) is 0.273. The summed E-state index contributed by atoms with van der Waals surface area (Å²) in [6.07, 6.45) is 1.65. The van der Waals surface area contributed by atoms with Crippen molar-refractivity contribution in [3.8, 4) is 5.69 Å². The highest BCUT2D eigenvalue weighted by Gasteiger charge is 2.36. The molecule has 8 nitrogen and oxygen atoms in total. The van der Waals surface area contributed by atoms with Crippen LogP contribution in [0.5, 0.6) is 0 Å². The van der Waals surface area contributed by atoms with Gasteiger partial charge in [0.05, 0.1) is 24.2 Å². The molecule has 2 aromatic rings. The van der Waals surface area contributed by atoms with Crippen LogP contribution in [0.4, 0.5) is 4.79 Å². The van der Waals surface area contributed by atoms with Gasteiger partial charge >= 0.3 is 11.9 Å². The van der Waals surface area contributed by atoms with E-state index in [4.69, 9.17) is 9.47 Å². The zero-order chi connectivity index (χ0) is 22.7. The van der Waals surface area contributed by atoms with E-state index in [9.17, 15) is 19.2 Å². The van der Waals surface area contributed by atoms with Crippen LogP contribution in [0.25, 0.3) is 11.8 Å². The Morgan fingerprint density at radius 1 is 1.13 bits per heavy atom. The first-order valence-corrected chi connectivity index (χ1v) is 10.4. The van der Waals surface area contributed by atoms with Gasteiger partial charge in [0.25, 0.3) is 11.1 Å². The van der Waals surface area contributed by atoms with Crippen LogP contribution in [0.2, 0.25) is 0 Å². The zero-order valence-electron chi connectivity index (χ0n) is 17.6. The van der Waals surface area contributed by atoms with Crippen LogP contribution in [0.1, 0.15) is 34.2 Å². The van der Waals surface area contributed by atoms with Gasteiger partial charge < -0.3 is 14.0 Å². The molecule has 1 aliphatic rings. The highest BCUT2D eigenvalue weighted by Crippen LogP contribution is 2.33.